The highest BCUT2D eigenvalue weighted by Crippen LogP contribution is 2.31. The summed E-state index contributed by atoms with van der Waals surface area (Å²) < 4.78 is 1.17. The smallest absolute Gasteiger partial charge is 0.0550 e. The van der Waals surface area contributed by atoms with E-state index < -0.39 is 0 Å². The maximum Gasteiger partial charge on any atom is 0.0550 e. The van der Waals surface area contributed by atoms with Crippen molar-refractivity contribution >= 4 is 27.1 Å². The molecule has 0 aliphatic rings. The predicted octanol–water partition coefficient (Wildman–Crippen LogP) is 2.19. The zero-order valence-corrected chi connectivity index (χ0v) is 6.98. The summed E-state index contributed by atoms with van der Waals surface area (Å²) in [6, 6.07) is 1.95. The number of aryl methyl sites for hydroxylation is 1. The van der Waals surface area contributed by atoms with E-state index in [1.807, 2.05) is 19.2 Å². The lowest BCUT2D eigenvalue weighted by atomic mass is 10.3. The molecule has 2 aromatic heterocycles. The second kappa shape index (κ2) is 2.20. The minimum absolute atomic E-state index is 0.896. The Balaban J connectivity index is 2.92. The molecule has 2 aromatic rings. The Labute approximate surface area is 68.7 Å². The molecule has 0 saturated heterocycles. The highest BCUT2D eigenvalue weighted by Gasteiger charge is 2.03. The third-order valence-electron chi connectivity index (χ3n) is 1.72. The van der Waals surface area contributed by atoms with Gasteiger partial charge in [-0.25, -0.2) is 0 Å². The number of nitrogens with two attached hydrogens (primary N) is 1. The normalized spacial score (nSPS) is 10.6. The molecule has 0 radical (unpaired) electrons. The van der Waals surface area contributed by atoms with Crippen LogP contribution in [-0.4, -0.2) is 4.98 Å². The molecule has 3 heteroatoms. The first-order chi connectivity index (χ1) is 5.29. The summed E-state index contributed by atoms with van der Waals surface area (Å²) in [5.74, 6) is 0. The van der Waals surface area contributed by atoms with Crippen molar-refractivity contribution in [3.8, 4) is 0 Å². The van der Waals surface area contributed by atoms with Gasteiger partial charge < -0.3 is 5.73 Å². The van der Waals surface area contributed by atoms with Crippen LogP contribution in [0.4, 0.5) is 5.69 Å². The van der Waals surface area contributed by atoms with Gasteiger partial charge in [0.15, 0.2) is 0 Å². The van der Waals surface area contributed by atoms with Crippen LogP contribution in [0.15, 0.2) is 18.5 Å². The minimum Gasteiger partial charge on any atom is -0.397 e. The molecule has 2 nitrogen and oxygen atoms in total. The van der Waals surface area contributed by atoms with E-state index in [1.54, 1.807) is 17.5 Å². The number of fused-ring (bicyclic) bond motifs is 1. The molecule has 2 N–H and O–H groups in total. The molecule has 0 bridgehead atoms. The number of nitrogen functional groups attached to an aromatic ring is 1. The van der Waals surface area contributed by atoms with Crippen molar-refractivity contribution in [2.75, 3.05) is 5.73 Å². The van der Waals surface area contributed by atoms with Crippen LogP contribution in [-0.2, 0) is 0 Å². The molecule has 0 amide bonds. The van der Waals surface area contributed by atoms with E-state index >= 15 is 0 Å². The zero-order valence-electron chi connectivity index (χ0n) is 6.16. The van der Waals surface area contributed by atoms with Crippen molar-refractivity contribution in [2.24, 2.45) is 0 Å². The monoisotopic (exact) mass is 164 g/mol. The number of nitrogens with zero attached hydrogens (tertiary/aromatic N) is 1. The maximum atomic E-state index is 5.82. The van der Waals surface area contributed by atoms with E-state index in [-0.39, 0.29) is 0 Å². The lowest BCUT2D eigenvalue weighted by molar-refractivity contribution is 1.37. The van der Waals surface area contributed by atoms with Gasteiger partial charge in [0.2, 0.25) is 0 Å². The maximum absolute atomic E-state index is 5.82. The van der Waals surface area contributed by atoms with E-state index in [9.17, 15) is 0 Å². The molecule has 0 spiro atoms. The van der Waals surface area contributed by atoms with E-state index in [1.165, 1.54) is 9.58 Å². The molecule has 0 unspecified atom stereocenters. The van der Waals surface area contributed by atoms with Gasteiger partial charge in [-0.3, -0.25) is 4.98 Å². The summed E-state index contributed by atoms with van der Waals surface area (Å²) in [6.45, 7) is 2.03. The lowest BCUT2D eigenvalue weighted by Gasteiger charge is -1.88. The van der Waals surface area contributed by atoms with Gasteiger partial charge in [-0.2, -0.15) is 0 Å². The average Bonchev–Trinajstić information content (AvgIpc) is 2.30. The highest BCUT2D eigenvalue weighted by molar-refractivity contribution is 7.19. The van der Waals surface area contributed by atoms with Crippen LogP contribution in [0.25, 0.3) is 10.1 Å². The van der Waals surface area contributed by atoms with Crippen LogP contribution in [0.5, 0.6) is 0 Å². The first kappa shape index (κ1) is 6.61. The van der Waals surface area contributed by atoms with Gasteiger partial charge in [-0.15, -0.1) is 11.3 Å². The van der Waals surface area contributed by atoms with Crippen molar-refractivity contribution in [3.63, 3.8) is 0 Å². The number of aromatic nitrogens is 1. The fraction of sp³-hybridized carbons (Fsp3) is 0.125. The van der Waals surface area contributed by atoms with Crippen LogP contribution >= 0.6 is 11.3 Å². The number of thiophene rings is 1. The third kappa shape index (κ3) is 0.886. The number of hydrogen-bond acceptors (Lipinski definition) is 3. The van der Waals surface area contributed by atoms with E-state index in [0.717, 1.165) is 11.1 Å². The zero-order chi connectivity index (χ0) is 7.84. The first-order valence-corrected chi connectivity index (χ1v) is 4.19. The topological polar surface area (TPSA) is 38.9 Å². The van der Waals surface area contributed by atoms with Crippen molar-refractivity contribution in [1.29, 1.82) is 0 Å². The molecule has 0 aliphatic heterocycles. The Bertz CT molecular complexity index is 392. The Hall–Kier alpha value is -1.09. The third-order valence-corrected chi connectivity index (χ3v) is 2.79. The molecule has 2 heterocycles. The van der Waals surface area contributed by atoms with Gasteiger partial charge >= 0.3 is 0 Å². The van der Waals surface area contributed by atoms with Crippen LogP contribution < -0.4 is 5.73 Å². The number of anilines is 1. The van der Waals surface area contributed by atoms with Crippen LogP contribution in [0.3, 0.4) is 0 Å². The van der Waals surface area contributed by atoms with Gasteiger partial charge in [0, 0.05) is 22.7 Å². The van der Waals surface area contributed by atoms with Crippen molar-refractivity contribution in [3.05, 3.63) is 23.3 Å². The largest absolute Gasteiger partial charge is 0.397 e. The van der Waals surface area contributed by atoms with Crippen LogP contribution in [0.1, 0.15) is 4.88 Å². The van der Waals surface area contributed by atoms with Crippen LogP contribution in [0.2, 0.25) is 0 Å². The summed E-state index contributed by atoms with van der Waals surface area (Å²) in [7, 11) is 0. The Kier molecular flexibility index (Phi) is 1.32. The van der Waals surface area contributed by atoms with Crippen molar-refractivity contribution in [1.82, 2.24) is 4.98 Å². The molecule has 0 saturated carbocycles. The first-order valence-electron chi connectivity index (χ1n) is 3.37. The second-order valence-corrected chi connectivity index (χ2v) is 3.70. The van der Waals surface area contributed by atoms with E-state index in [2.05, 4.69) is 4.98 Å². The molecular formula is C8H8N2S. The predicted molar refractivity (Wildman–Crippen MR) is 48.8 cm³/mol. The molecule has 0 aliphatic carbocycles. The average molecular weight is 164 g/mol. The SMILES string of the molecule is Cc1sc2cnccc2c1N. The number of pyridine rings is 1. The highest BCUT2D eigenvalue weighted by atomic mass is 32.1. The minimum atomic E-state index is 0.896. The standard InChI is InChI=1S/C8H8N2S/c1-5-8(9)6-2-3-10-4-7(6)11-5/h2-4H,9H2,1H3. The van der Waals surface area contributed by atoms with Crippen LogP contribution in [0, 0.1) is 6.92 Å². The molecule has 56 valence electrons. The Morgan fingerprint density at radius 2 is 2.36 bits per heavy atom. The molecule has 0 atom stereocenters. The molecular weight excluding hydrogens is 156 g/mol. The summed E-state index contributed by atoms with van der Waals surface area (Å²) in [5.41, 5.74) is 6.72. The fourth-order valence-electron chi connectivity index (χ4n) is 1.09. The van der Waals surface area contributed by atoms with Gasteiger partial charge in [0.1, 0.15) is 0 Å². The Morgan fingerprint density at radius 3 is 3.09 bits per heavy atom. The number of rotatable bonds is 0. The van der Waals surface area contributed by atoms with Crippen molar-refractivity contribution in [2.45, 2.75) is 6.92 Å². The van der Waals surface area contributed by atoms with Gasteiger partial charge in [0.25, 0.3) is 0 Å². The molecule has 11 heavy (non-hydrogen) atoms. The van der Waals surface area contributed by atoms with Crippen molar-refractivity contribution < 1.29 is 0 Å². The summed E-state index contributed by atoms with van der Waals surface area (Å²) in [6.07, 6.45) is 3.62. The molecule has 0 aromatic carbocycles. The Morgan fingerprint density at radius 1 is 1.55 bits per heavy atom. The number of hydrogen-bond donors (Lipinski definition) is 1. The quantitative estimate of drug-likeness (QED) is 0.648. The molecule has 2 rings (SSSR count). The molecule has 0 fully saturated rings. The second-order valence-electron chi connectivity index (χ2n) is 2.44. The van der Waals surface area contributed by atoms with E-state index in [0.29, 0.717) is 0 Å². The van der Waals surface area contributed by atoms with Gasteiger partial charge in [-0.05, 0) is 13.0 Å². The van der Waals surface area contributed by atoms with Gasteiger partial charge in [0.05, 0.1) is 10.4 Å². The summed E-state index contributed by atoms with van der Waals surface area (Å²) in [4.78, 5) is 5.20. The van der Waals surface area contributed by atoms with Gasteiger partial charge in [-0.1, -0.05) is 0 Å². The lowest BCUT2D eigenvalue weighted by Crippen LogP contribution is -1.83. The van der Waals surface area contributed by atoms with E-state index in [4.69, 9.17) is 5.73 Å². The summed E-state index contributed by atoms with van der Waals surface area (Å²) in [5, 5.41) is 1.13. The summed E-state index contributed by atoms with van der Waals surface area (Å²) >= 11 is 1.69. The fourth-order valence-corrected chi connectivity index (χ4v) is 2.04.